The van der Waals surface area contributed by atoms with Gasteiger partial charge in [0, 0.05) is 13.2 Å². The molecule has 2 atom stereocenters. The van der Waals surface area contributed by atoms with E-state index in [0.29, 0.717) is 47.8 Å². The van der Waals surface area contributed by atoms with E-state index in [9.17, 15) is 9.59 Å². The predicted octanol–water partition coefficient (Wildman–Crippen LogP) is 4.71. The van der Waals surface area contributed by atoms with Gasteiger partial charge in [-0.1, -0.05) is 24.8 Å². The van der Waals surface area contributed by atoms with Gasteiger partial charge >= 0.3 is 0 Å². The molecule has 0 radical (unpaired) electrons. The van der Waals surface area contributed by atoms with Crippen LogP contribution in [-0.2, 0) is 4.74 Å². The number of hydrogen-bond acceptors (Lipinski definition) is 6. The Hall–Kier alpha value is -3.58. The maximum absolute atomic E-state index is 13.9. The second-order valence-electron chi connectivity index (χ2n) is 9.13. The highest BCUT2D eigenvalue weighted by molar-refractivity contribution is 5.99. The topological polar surface area (TPSA) is 78.2 Å². The number of rotatable bonds is 7. The number of nitrogens with zero attached hydrogens (tertiary/aromatic N) is 1. The summed E-state index contributed by atoms with van der Waals surface area (Å²) in [6.07, 6.45) is 3.39. The third-order valence-electron chi connectivity index (χ3n) is 6.70. The Kier molecular flexibility index (Phi) is 6.11. The SMILES string of the molecule is C=CCOc1ccc(C2c3c(oc4cc(C)cc(C)c4c3=O)C(=O)N2CC2CCCO2)cc1OC. The summed E-state index contributed by atoms with van der Waals surface area (Å²) in [6.45, 7) is 8.90. The van der Waals surface area contributed by atoms with E-state index in [1.807, 2.05) is 38.1 Å². The van der Waals surface area contributed by atoms with Crippen LogP contribution in [0.3, 0.4) is 0 Å². The fourth-order valence-electron chi connectivity index (χ4n) is 5.18. The maximum Gasteiger partial charge on any atom is 0.291 e. The van der Waals surface area contributed by atoms with Gasteiger partial charge in [0.15, 0.2) is 16.9 Å². The van der Waals surface area contributed by atoms with Gasteiger partial charge in [-0.3, -0.25) is 9.59 Å². The number of amides is 1. The average molecular weight is 476 g/mol. The van der Waals surface area contributed by atoms with Crippen molar-refractivity contribution >= 4 is 16.9 Å². The molecule has 3 aromatic rings. The van der Waals surface area contributed by atoms with Crippen molar-refractivity contribution in [1.29, 1.82) is 0 Å². The van der Waals surface area contributed by atoms with Gasteiger partial charge in [-0.25, -0.2) is 0 Å². The summed E-state index contributed by atoms with van der Waals surface area (Å²) in [5.74, 6) is 0.869. The van der Waals surface area contributed by atoms with E-state index >= 15 is 0 Å². The first-order valence-electron chi connectivity index (χ1n) is 11.8. The molecule has 0 N–H and O–H groups in total. The summed E-state index contributed by atoms with van der Waals surface area (Å²) in [5.41, 5.74) is 3.15. The van der Waals surface area contributed by atoms with E-state index in [-0.39, 0.29) is 23.2 Å². The second kappa shape index (κ2) is 9.23. The van der Waals surface area contributed by atoms with Crippen LogP contribution in [0.5, 0.6) is 11.5 Å². The number of fused-ring (bicyclic) bond motifs is 2. The Balaban J connectivity index is 1.69. The zero-order valence-electron chi connectivity index (χ0n) is 20.3. The lowest BCUT2D eigenvalue weighted by Gasteiger charge is -2.28. The van der Waals surface area contributed by atoms with E-state index in [2.05, 4.69) is 6.58 Å². The van der Waals surface area contributed by atoms with Crippen LogP contribution in [0.1, 0.15) is 51.7 Å². The Labute approximate surface area is 203 Å². The van der Waals surface area contributed by atoms with Crippen molar-refractivity contribution in [2.75, 3.05) is 26.9 Å². The van der Waals surface area contributed by atoms with Crippen molar-refractivity contribution in [2.45, 2.75) is 38.8 Å². The molecule has 1 aromatic heterocycles. The monoisotopic (exact) mass is 475 g/mol. The molecule has 0 saturated carbocycles. The predicted molar refractivity (Wildman–Crippen MR) is 132 cm³/mol. The largest absolute Gasteiger partial charge is 0.493 e. The molecule has 3 heterocycles. The molecule has 0 spiro atoms. The van der Waals surface area contributed by atoms with Gasteiger partial charge in [0.05, 0.1) is 30.2 Å². The molecule has 5 rings (SSSR count). The minimum atomic E-state index is -0.620. The summed E-state index contributed by atoms with van der Waals surface area (Å²) in [7, 11) is 1.56. The highest BCUT2D eigenvalue weighted by Crippen LogP contribution is 2.41. The van der Waals surface area contributed by atoms with Gasteiger partial charge in [-0.2, -0.15) is 0 Å². The van der Waals surface area contributed by atoms with Crippen LogP contribution in [0.2, 0.25) is 0 Å². The van der Waals surface area contributed by atoms with Crippen molar-refractivity contribution in [1.82, 2.24) is 4.90 Å². The first-order chi connectivity index (χ1) is 16.9. The molecule has 1 amide bonds. The lowest BCUT2D eigenvalue weighted by molar-refractivity contribution is 0.0486. The minimum absolute atomic E-state index is 0.0821. The molecule has 182 valence electrons. The molecule has 2 aromatic carbocycles. The van der Waals surface area contributed by atoms with Crippen molar-refractivity contribution in [2.24, 2.45) is 0 Å². The molecule has 0 bridgehead atoms. The fraction of sp³-hybridized carbons (Fsp3) is 0.357. The van der Waals surface area contributed by atoms with Crippen molar-refractivity contribution in [3.63, 3.8) is 0 Å². The van der Waals surface area contributed by atoms with E-state index in [0.717, 1.165) is 29.5 Å². The van der Waals surface area contributed by atoms with Gasteiger partial charge < -0.3 is 23.5 Å². The molecule has 1 saturated heterocycles. The Bertz CT molecular complexity index is 1370. The molecule has 1 fully saturated rings. The molecule has 7 heteroatoms. The van der Waals surface area contributed by atoms with Crippen LogP contribution in [0.25, 0.3) is 11.0 Å². The molecule has 2 aliphatic heterocycles. The molecule has 0 aliphatic carbocycles. The van der Waals surface area contributed by atoms with Crippen LogP contribution < -0.4 is 14.9 Å². The minimum Gasteiger partial charge on any atom is -0.493 e. The lowest BCUT2D eigenvalue weighted by atomic mass is 9.96. The van der Waals surface area contributed by atoms with E-state index in [4.69, 9.17) is 18.6 Å². The van der Waals surface area contributed by atoms with Gasteiger partial charge in [0.25, 0.3) is 5.91 Å². The molecule has 2 aliphatic rings. The summed E-state index contributed by atoms with van der Waals surface area (Å²) in [4.78, 5) is 29.3. The number of carbonyl (C=O) groups is 1. The normalized spacial score (nSPS) is 19.3. The smallest absolute Gasteiger partial charge is 0.291 e. The summed E-state index contributed by atoms with van der Waals surface area (Å²) >= 11 is 0. The summed E-state index contributed by atoms with van der Waals surface area (Å²) in [6, 6.07) is 8.62. The van der Waals surface area contributed by atoms with Crippen LogP contribution in [-0.4, -0.2) is 43.8 Å². The van der Waals surface area contributed by atoms with Crippen LogP contribution >= 0.6 is 0 Å². The number of aryl methyl sites for hydroxylation is 2. The average Bonchev–Trinajstić information content (AvgIpc) is 3.44. The van der Waals surface area contributed by atoms with Crippen LogP contribution in [0.4, 0.5) is 0 Å². The Morgan fingerprint density at radius 1 is 1.17 bits per heavy atom. The number of benzene rings is 2. The first kappa shape index (κ1) is 23.2. The van der Waals surface area contributed by atoms with Gasteiger partial charge in [0.1, 0.15) is 12.2 Å². The zero-order chi connectivity index (χ0) is 24.7. The molecular weight excluding hydrogens is 446 g/mol. The van der Waals surface area contributed by atoms with E-state index < -0.39 is 6.04 Å². The third kappa shape index (κ3) is 4.00. The summed E-state index contributed by atoms with van der Waals surface area (Å²) in [5, 5.41) is 0.504. The highest BCUT2D eigenvalue weighted by atomic mass is 16.5. The number of hydrogen-bond donors (Lipinski definition) is 0. The number of ether oxygens (including phenoxy) is 3. The van der Waals surface area contributed by atoms with Crippen molar-refractivity contribution < 1.29 is 23.4 Å². The third-order valence-corrected chi connectivity index (χ3v) is 6.70. The lowest BCUT2D eigenvalue weighted by Crippen LogP contribution is -2.36. The van der Waals surface area contributed by atoms with E-state index in [1.165, 1.54) is 0 Å². The molecule has 7 nitrogen and oxygen atoms in total. The standard InChI is InChI=1S/C28H29NO6/c1-5-10-34-20-9-8-18(14-21(20)32-4)25-24-26(30)23-17(3)12-16(2)13-22(23)35-27(24)28(31)29(25)15-19-7-6-11-33-19/h5,8-9,12-14,19,25H,1,6-7,10-11,15H2,2-4H3. The number of carbonyl (C=O) groups excluding carboxylic acids is 1. The zero-order valence-corrected chi connectivity index (χ0v) is 20.3. The van der Waals surface area contributed by atoms with Crippen LogP contribution in [0, 0.1) is 13.8 Å². The Morgan fingerprint density at radius 3 is 2.71 bits per heavy atom. The van der Waals surface area contributed by atoms with Crippen molar-refractivity contribution in [3.05, 3.63) is 81.2 Å². The van der Waals surface area contributed by atoms with Crippen molar-refractivity contribution in [3.8, 4) is 11.5 Å². The highest BCUT2D eigenvalue weighted by Gasteiger charge is 2.44. The van der Waals surface area contributed by atoms with Gasteiger partial charge in [-0.15, -0.1) is 0 Å². The summed E-state index contributed by atoms with van der Waals surface area (Å²) < 4.78 is 23.3. The first-order valence-corrected chi connectivity index (χ1v) is 11.8. The Morgan fingerprint density at radius 2 is 2.00 bits per heavy atom. The number of methoxy groups -OCH3 is 1. The van der Waals surface area contributed by atoms with E-state index in [1.54, 1.807) is 24.2 Å². The fourth-order valence-corrected chi connectivity index (χ4v) is 5.18. The van der Waals surface area contributed by atoms with Gasteiger partial charge in [-0.05, 0) is 61.6 Å². The maximum atomic E-state index is 13.9. The molecule has 35 heavy (non-hydrogen) atoms. The second-order valence-corrected chi connectivity index (χ2v) is 9.13. The molecular formula is C28H29NO6. The van der Waals surface area contributed by atoms with Gasteiger partial charge in [0.2, 0.25) is 5.76 Å². The molecule has 2 unspecified atom stereocenters. The van der Waals surface area contributed by atoms with Crippen LogP contribution in [0.15, 0.2) is 52.2 Å². The quantitative estimate of drug-likeness (QED) is 0.461.